The number of carbonyl (C=O) groups excluding carboxylic acids is 1. The molecule has 7 nitrogen and oxygen atoms in total. The van der Waals surface area contributed by atoms with Gasteiger partial charge in [-0.15, -0.1) is 0 Å². The minimum Gasteiger partial charge on any atom is -0.483 e. The van der Waals surface area contributed by atoms with Crippen molar-refractivity contribution in [2.24, 2.45) is 5.10 Å². The molecule has 0 aliphatic carbocycles. The lowest BCUT2D eigenvalue weighted by Crippen LogP contribution is -2.25. The summed E-state index contributed by atoms with van der Waals surface area (Å²) < 4.78 is 6.39. The highest BCUT2D eigenvalue weighted by Crippen LogP contribution is 2.21. The summed E-state index contributed by atoms with van der Waals surface area (Å²) in [6.07, 6.45) is 0. The van der Waals surface area contributed by atoms with E-state index in [1.54, 1.807) is 25.1 Å². The van der Waals surface area contributed by atoms with Crippen LogP contribution in [0.2, 0.25) is 0 Å². The summed E-state index contributed by atoms with van der Waals surface area (Å²) >= 11 is 3.36. The van der Waals surface area contributed by atoms with Crippen LogP contribution in [0.15, 0.2) is 52.0 Å². The number of non-ortho nitro benzene ring substituents is 1. The topological polar surface area (TPSA) is 93.8 Å². The molecule has 0 saturated heterocycles. The lowest BCUT2D eigenvalue weighted by molar-refractivity contribution is -0.384. The first-order valence-corrected chi connectivity index (χ1v) is 8.13. The Balaban J connectivity index is 1.91. The smallest absolute Gasteiger partial charge is 0.277 e. The fraction of sp³-hybridized carbons (Fsp3) is 0.176. The number of amides is 1. The first kappa shape index (κ1) is 18.6. The van der Waals surface area contributed by atoms with Crippen LogP contribution in [0.1, 0.15) is 18.1 Å². The normalized spacial score (nSPS) is 11.1. The Labute approximate surface area is 153 Å². The maximum atomic E-state index is 11.8. The van der Waals surface area contributed by atoms with Crippen molar-refractivity contribution >= 4 is 33.2 Å². The van der Waals surface area contributed by atoms with Crippen molar-refractivity contribution in [2.45, 2.75) is 13.8 Å². The van der Waals surface area contributed by atoms with Crippen LogP contribution < -0.4 is 10.2 Å². The van der Waals surface area contributed by atoms with Gasteiger partial charge in [0.05, 0.1) is 10.6 Å². The Morgan fingerprint density at radius 1 is 1.28 bits per heavy atom. The van der Waals surface area contributed by atoms with E-state index in [0.717, 1.165) is 10.0 Å². The average molecular weight is 406 g/mol. The fourth-order valence-electron chi connectivity index (χ4n) is 1.99. The number of nitrogens with zero attached hydrogens (tertiary/aromatic N) is 2. The summed E-state index contributed by atoms with van der Waals surface area (Å²) in [4.78, 5) is 22.0. The van der Waals surface area contributed by atoms with E-state index >= 15 is 0 Å². The van der Waals surface area contributed by atoms with Crippen molar-refractivity contribution in [1.82, 2.24) is 5.43 Å². The van der Waals surface area contributed by atoms with Crippen molar-refractivity contribution in [3.05, 3.63) is 68.2 Å². The van der Waals surface area contributed by atoms with Gasteiger partial charge in [-0.05, 0) is 55.3 Å². The van der Waals surface area contributed by atoms with Gasteiger partial charge in [0.2, 0.25) is 0 Å². The van der Waals surface area contributed by atoms with E-state index in [0.29, 0.717) is 17.0 Å². The molecule has 130 valence electrons. The predicted octanol–water partition coefficient (Wildman–Crippen LogP) is 3.58. The molecular weight excluding hydrogens is 390 g/mol. The second-order valence-corrected chi connectivity index (χ2v) is 6.15. The summed E-state index contributed by atoms with van der Waals surface area (Å²) in [7, 11) is 0. The zero-order valence-electron chi connectivity index (χ0n) is 13.7. The SMILES string of the molecule is C/C(=N/NC(=O)COc1ccc(Br)cc1C)c1ccc([N+](=O)[O-])cc1. The van der Waals surface area contributed by atoms with Gasteiger partial charge in [0.25, 0.3) is 11.6 Å². The third-order valence-corrected chi connectivity index (χ3v) is 3.83. The number of carbonyl (C=O) groups is 1. The van der Waals surface area contributed by atoms with Gasteiger partial charge in [0, 0.05) is 16.6 Å². The van der Waals surface area contributed by atoms with E-state index < -0.39 is 10.8 Å². The summed E-state index contributed by atoms with van der Waals surface area (Å²) in [6.45, 7) is 3.41. The third kappa shape index (κ3) is 5.39. The molecule has 2 aromatic carbocycles. The lowest BCUT2D eigenvalue weighted by atomic mass is 10.1. The number of rotatable bonds is 6. The molecule has 0 fully saturated rings. The van der Waals surface area contributed by atoms with Gasteiger partial charge >= 0.3 is 0 Å². The number of ether oxygens (including phenoxy) is 1. The number of nitrogens with one attached hydrogen (secondary N) is 1. The number of hydrogen-bond donors (Lipinski definition) is 1. The first-order chi connectivity index (χ1) is 11.9. The molecule has 8 heteroatoms. The molecule has 2 rings (SSSR count). The molecular formula is C17H16BrN3O4. The standard InChI is InChI=1S/C17H16BrN3O4/c1-11-9-14(18)5-8-16(11)25-10-17(22)20-19-12(2)13-3-6-15(7-4-13)21(23)24/h3-9H,10H2,1-2H3,(H,20,22)/b19-12-. The molecule has 1 amide bonds. The summed E-state index contributed by atoms with van der Waals surface area (Å²) in [5.41, 5.74) is 4.52. The number of benzene rings is 2. The molecule has 0 radical (unpaired) electrons. The van der Waals surface area contributed by atoms with Gasteiger partial charge in [0.15, 0.2) is 6.61 Å². The highest BCUT2D eigenvalue weighted by atomic mass is 79.9. The van der Waals surface area contributed by atoms with E-state index in [9.17, 15) is 14.9 Å². The maximum Gasteiger partial charge on any atom is 0.277 e. The summed E-state index contributed by atoms with van der Waals surface area (Å²) in [5.74, 6) is 0.220. The first-order valence-electron chi connectivity index (χ1n) is 7.33. The minimum absolute atomic E-state index is 0.00106. The second kappa shape index (κ2) is 8.39. The molecule has 0 heterocycles. The molecule has 1 N–H and O–H groups in total. The fourth-order valence-corrected chi connectivity index (χ4v) is 2.46. The number of hydrazone groups is 1. The van der Waals surface area contributed by atoms with Crippen molar-refractivity contribution in [2.75, 3.05) is 6.61 Å². The number of aryl methyl sites for hydroxylation is 1. The van der Waals surface area contributed by atoms with Gasteiger partial charge in [-0.2, -0.15) is 5.10 Å². The molecule has 0 aliphatic heterocycles. The van der Waals surface area contributed by atoms with E-state index in [1.165, 1.54) is 12.1 Å². The molecule has 0 unspecified atom stereocenters. The van der Waals surface area contributed by atoms with E-state index in [4.69, 9.17) is 4.74 Å². The average Bonchev–Trinajstić information content (AvgIpc) is 2.59. The van der Waals surface area contributed by atoms with Gasteiger partial charge in [-0.1, -0.05) is 15.9 Å². The number of nitro benzene ring substituents is 1. The van der Waals surface area contributed by atoms with Gasteiger partial charge in [-0.25, -0.2) is 5.43 Å². The summed E-state index contributed by atoms with van der Waals surface area (Å²) in [6, 6.07) is 11.4. The van der Waals surface area contributed by atoms with E-state index in [2.05, 4.69) is 26.5 Å². The van der Waals surface area contributed by atoms with Crippen LogP contribution in [0, 0.1) is 17.0 Å². The number of nitro groups is 1. The molecule has 2 aromatic rings. The molecule has 0 saturated carbocycles. The number of halogens is 1. The highest BCUT2D eigenvalue weighted by Gasteiger charge is 2.07. The molecule has 25 heavy (non-hydrogen) atoms. The van der Waals surface area contributed by atoms with Crippen LogP contribution >= 0.6 is 15.9 Å². The van der Waals surface area contributed by atoms with Gasteiger partial charge in [0.1, 0.15) is 5.75 Å². The van der Waals surface area contributed by atoms with E-state index in [-0.39, 0.29) is 12.3 Å². The van der Waals surface area contributed by atoms with Crippen LogP contribution in [0.4, 0.5) is 5.69 Å². The molecule has 0 atom stereocenters. The Morgan fingerprint density at radius 2 is 1.96 bits per heavy atom. The highest BCUT2D eigenvalue weighted by molar-refractivity contribution is 9.10. The largest absolute Gasteiger partial charge is 0.483 e. The lowest BCUT2D eigenvalue weighted by Gasteiger charge is -2.08. The summed E-state index contributed by atoms with van der Waals surface area (Å²) in [5, 5.41) is 14.6. The Hall–Kier alpha value is -2.74. The Bertz CT molecular complexity index is 819. The van der Waals surface area contributed by atoms with Crippen molar-refractivity contribution in [1.29, 1.82) is 0 Å². The maximum absolute atomic E-state index is 11.8. The minimum atomic E-state index is -0.473. The second-order valence-electron chi connectivity index (χ2n) is 5.23. The van der Waals surface area contributed by atoms with Gasteiger partial charge < -0.3 is 4.74 Å². The van der Waals surface area contributed by atoms with E-state index in [1.807, 2.05) is 19.1 Å². The van der Waals surface area contributed by atoms with Crippen LogP contribution in [-0.4, -0.2) is 23.1 Å². The predicted molar refractivity (Wildman–Crippen MR) is 97.8 cm³/mol. The van der Waals surface area contributed by atoms with Crippen molar-refractivity contribution < 1.29 is 14.5 Å². The quantitative estimate of drug-likeness (QED) is 0.451. The van der Waals surface area contributed by atoms with Crippen LogP contribution in [-0.2, 0) is 4.79 Å². The van der Waals surface area contributed by atoms with Crippen molar-refractivity contribution in [3.63, 3.8) is 0 Å². The Kier molecular flexibility index (Phi) is 6.24. The Morgan fingerprint density at radius 3 is 2.56 bits per heavy atom. The zero-order chi connectivity index (χ0) is 18.4. The van der Waals surface area contributed by atoms with Gasteiger partial charge in [-0.3, -0.25) is 14.9 Å². The molecule has 0 spiro atoms. The van der Waals surface area contributed by atoms with Crippen LogP contribution in [0.25, 0.3) is 0 Å². The zero-order valence-corrected chi connectivity index (χ0v) is 15.2. The van der Waals surface area contributed by atoms with Crippen LogP contribution in [0.5, 0.6) is 5.75 Å². The number of hydrogen-bond acceptors (Lipinski definition) is 5. The monoisotopic (exact) mass is 405 g/mol. The molecule has 0 aliphatic rings. The third-order valence-electron chi connectivity index (χ3n) is 3.34. The molecule has 0 aromatic heterocycles. The van der Waals surface area contributed by atoms with Crippen LogP contribution in [0.3, 0.4) is 0 Å². The molecule has 0 bridgehead atoms. The van der Waals surface area contributed by atoms with Crippen molar-refractivity contribution in [3.8, 4) is 5.75 Å².